The van der Waals surface area contributed by atoms with Gasteiger partial charge >= 0.3 is 0 Å². The van der Waals surface area contributed by atoms with Gasteiger partial charge in [0, 0.05) is 18.3 Å². The molecule has 3 nitrogen and oxygen atoms in total. The van der Waals surface area contributed by atoms with E-state index in [9.17, 15) is 5.11 Å². The number of rotatable bonds is 0. The van der Waals surface area contributed by atoms with Gasteiger partial charge in [-0.15, -0.1) is 0 Å². The van der Waals surface area contributed by atoms with Crippen molar-refractivity contribution in [2.24, 2.45) is 23.2 Å². The lowest BCUT2D eigenvalue weighted by Crippen LogP contribution is -2.82. The lowest BCUT2D eigenvalue weighted by atomic mass is 9.46. The van der Waals surface area contributed by atoms with Crippen molar-refractivity contribution in [3.05, 3.63) is 0 Å². The van der Waals surface area contributed by atoms with Gasteiger partial charge in [0.15, 0.2) is 11.6 Å². The summed E-state index contributed by atoms with van der Waals surface area (Å²) in [5, 5.41) is 11.7. The molecule has 4 saturated carbocycles. The van der Waals surface area contributed by atoms with E-state index in [1.54, 1.807) is 0 Å². The number of ether oxygens (including phenoxy) is 2. The largest absolute Gasteiger partial charge is 0.365 e. The molecule has 0 unspecified atom stereocenters. The average Bonchev–Trinajstić information content (AvgIpc) is 2.70. The third-order valence-electron chi connectivity index (χ3n) is 8.78. The van der Waals surface area contributed by atoms with Crippen molar-refractivity contribution >= 4 is 0 Å². The molecule has 3 heterocycles. The Balaban J connectivity index is 1.58. The molecule has 7 atom stereocenters. The first kappa shape index (κ1) is 13.2. The van der Waals surface area contributed by atoms with Gasteiger partial charge in [0.2, 0.25) is 0 Å². The third-order valence-corrected chi connectivity index (χ3v) is 8.78. The van der Waals surface area contributed by atoms with Gasteiger partial charge in [-0.1, -0.05) is 19.3 Å². The molecule has 1 N–H and O–H groups in total. The fourth-order valence-electron chi connectivity index (χ4n) is 8.04. The monoisotopic (exact) mass is 304 g/mol. The van der Waals surface area contributed by atoms with Crippen LogP contribution in [0.4, 0.5) is 0 Å². The van der Waals surface area contributed by atoms with E-state index in [0.717, 1.165) is 25.7 Å². The maximum absolute atomic E-state index is 11.7. The molecule has 7 rings (SSSR count). The van der Waals surface area contributed by atoms with Crippen LogP contribution in [0.3, 0.4) is 0 Å². The fourth-order valence-corrected chi connectivity index (χ4v) is 8.04. The molecule has 3 spiro atoms. The van der Waals surface area contributed by atoms with Crippen LogP contribution in [0.5, 0.6) is 0 Å². The maximum atomic E-state index is 11.7. The molecule has 122 valence electrons. The standard InChI is InChI=1S/C19H28O3/c20-19-14-7-10-16(19)12-15-6-2-4-9-18(15,22-19)21-17(16)8-3-1-5-13(17)11-14/h13-15,20H,1-12H2/t13-,14-,15+,16+,17+,18-,19+/m1/s1. The molecule has 0 aromatic heterocycles. The highest BCUT2D eigenvalue weighted by Crippen LogP contribution is 2.78. The Morgan fingerprint density at radius 2 is 1.59 bits per heavy atom. The molecule has 7 fully saturated rings. The van der Waals surface area contributed by atoms with Crippen LogP contribution in [0, 0.1) is 23.2 Å². The quantitative estimate of drug-likeness (QED) is 0.741. The molecule has 3 saturated heterocycles. The molecule has 3 heteroatoms. The zero-order valence-electron chi connectivity index (χ0n) is 13.5. The normalized spacial score (nSPS) is 65.0. The van der Waals surface area contributed by atoms with Gasteiger partial charge in [0.25, 0.3) is 0 Å². The van der Waals surface area contributed by atoms with Gasteiger partial charge in [-0.3, -0.25) is 0 Å². The summed E-state index contributed by atoms with van der Waals surface area (Å²) in [6.07, 6.45) is 14.5. The first-order valence-corrected chi connectivity index (χ1v) is 9.77. The third kappa shape index (κ3) is 1.14. The number of hydrogen-bond acceptors (Lipinski definition) is 3. The lowest BCUT2D eigenvalue weighted by molar-refractivity contribution is -0.548. The van der Waals surface area contributed by atoms with Crippen molar-refractivity contribution < 1.29 is 14.6 Å². The van der Waals surface area contributed by atoms with Crippen LogP contribution >= 0.6 is 0 Å². The maximum Gasteiger partial charge on any atom is 0.180 e. The molecule has 0 amide bonds. The highest BCUT2D eigenvalue weighted by molar-refractivity contribution is 5.27. The van der Waals surface area contributed by atoms with E-state index in [1.807, 2.05) is 0 Å². The Bertz CT molecular complexity index is 535. The predicted octanol–water partition coefficient (Wildman–Crippen LogP) is 3.74. The molecule has 0 radical (unpaired) electrons. The Kier molecular flexibility index (Phi) is 2.25. The van der Waals surface area contributed by atoms with E-state index < -0.39 is 11.6 Å². The molecular formula is C19H28O3. The molecular weight excluding hydrogens is 276 g/mol. The van der Waals surface area contributed by atoms with Crippen molar-refractivity contribution in [1.82, 2.24) is 0 Å². The SMILES string of the molecule is O[C@@]12O[C@]34CCCC[C@H]3C[C@]13CC[C@@H]2C[C@H]1CCCC[C@]13O4. The van der Waals surface area contributed by atoms with E-state index in [2.05, 4.69) is 0 Å². The summed E-state index contributed by atoms with van der Waals surface area (Å²) in [6.45, 7) is 0. The summed E-state index contributed by atoms with van der Waals surface area (Å²) in [4.78, 5) is 0. The Labute approximate surface area is 132 Å². The summed E-state index contributed by atoms with van der Waals surface area (Å²) >= 11 is 0. The minimum absolute atomic E-state index is 0.0565. The highest BCUT2D eigenvalue weighted by atomic mass is 16.8. The molecule has 22 heavy (non-hydrogen) atoms. The van der Waals surface area contributed by atoms with Gasteiger partial charge in [0.05, 0.1) is 11.0 Å². The predicted molar refractivity (Wildman–Crippen MR) is 80.9 cm³/mol. The lowest BCUT2D eigenvalue weighted by Gasteiger charge is -2.75. The van der Waals surface area contributed by atoms with Gasteiger partial charge < -0.3 is 14.6 Å². The first-order chi connectivity index (χ1) is 10.6. The zero-order chi connectivity index (χ0) is 14.6. The molecule has 5 bridgehead atoms. The molecule has 0 aromatic carbocycles. The van der Waals surface area contributed by atoms with E-state index >= 15 is 0 Å². The fraction of sp³-hybridized carbons (Fsp3) is 1.00. The van der Waals surface area contributed by atoms with Crippen LogP contribution in [0.2, 0.25) is 0 Å². The van der Waals surface area contributed by atoms with Crippen LogP contribution in [0.25, 0.3) is 0 Å². The summed E-state index contributed by atoms with van der Waals surface area (Å²) in [5.41, 5.74) is -0.142. The van der Waals surface area contributed by atoms with Crippen LogP contribution in [-0.2, 0) is 9.47 Å². The Morgan fingerprint density at radius 1 is 0.773 bits per heavy atom. The summed E-state index contributed by atoms with van der Waals surface area (Å²) < 4.78 is 13.6. The van der Waals surface area contributed by atoms with Crippen molar-refractivity contribution in [2.75, 3.05) is 0 Å². The number of hydrogen-bond donors (Lipinski definition) is 1. The van der Waals surface area contributed by atoms with Gasteiger partial charge in [0.1, 0.15) is 0 Å². The van der Waals surface area contributed by atoms with Crippen molar-refractivity contribution in [1.29, 1.82) is 0 Å². The van der Waals surface area contributed by atoms with E-state index in [0.29, 0.717) is 17.8 Å². The van der Waals surface area contributed by atoms with E-state index in [-0.39, 0.29) is 11.0 Å². The molecule has 4 aliphatic carbocycles. The van der Waals surface area contributed by atoms with Crippen molar-refractivity contribution in [2.45, 2.75) is 94.2 Å². The van der Waals surface area contributed by atoms with Crippen molar-refractivity contribution in [3.8, 4) is 0 Å². The summed E-state index contributed by atoms with van der Waals surface area (Å²) in [5.74, 6) is 0.275. The minimum atomic E-state index is -0.868. The van der Waals surface area contributed by atoms with Crippen LogP contribution < -0.4 is 0 Å². The molecule has 3 aliphatic heterocycles. The topological polar surface area (TPSA) is 38.7 Å². The Morgan fingerprint density at radius 3 is 2.50 bits per heavy atom. The van der Waals surface area contributed by atoms with Crippen LogP contribution in [0.15, 0.2) is 0 Å². The van der Waals surface area contributed by atoms with Crippen molar-refractivity contribution in [3.63, 3.8) is 0 Å². The zero-order valence-corrected chi connectivity index (χ0v) is 13.5. The Hall–Kier alpha value is -0.120. The minimum Gasteiger partial charge on any atom is -0.365 e. The highest BCUT2D eigenvalue weighted by Gasteiger charge is 2.84. The van der Waals surface area contributed by atoms with Gasteiger partial charge in [-0.2, -0.15) is 0 Å². The second kappa shape index (κ2) is 3.75. The second-order valence-electron chi connectivity index (χ2n) is 9.24. The number of aliphatic hydroxyl groups is 1. The summed E-state index contributed by atoms with van der Waals surface area (Å²) in [7, 11) is 0. The second-order valence-corrected chi connectivity index (χ2v) is 9.24. The molecule has 7 aliphatic rings. The van der Waals surface area contributed by atoms with Crippen LogP contribution in [0.1, 0.15) is 77.0 Å². The average molecular weight is 304 g/mol. The smallest absolute Gasteiger partial charge is 0.180 e. The van der Waals surface area contributed by atoms with Crippen LogP contribution in [-0.4, -0.2) is 22.3 Å². The summed E-state index contributed by atoms with van der Waals surface area (Å²) in [6, 6.07) is 0. The van der Waals surface area contributed by atoms with E-state index in [1.165, 1.54) is 51.4 Å². The van der Waals surface area contributed by atoms with Gasteiger partial charge in [-0.05, 0) is 57.3 Å². The first-order valence-electron chi connectivity index (χ1n) is 9.77. The van der Waals surface area contributed by atoms with Gasteiger partial charge in [-0.25, -0.2) is 0 Å². The molecule has 0 aromatic rings. The van der Waals surface area contributed by atoms with E-state index in [4.69, 9.17) is 9.47 Å².